The zero-order chi connectivity index (χ0) is 16.7. The summed E-state index contributed by atoms with van der Waals surface area (Å²) in [6.07, 6.45) is 0. The van der Waals surface area contributed by atoms with Gasteiger partial charge in [0.1, 0.15) is 11.5 Å². The molecule has 2 rings (SSSR count). The van der Waals surface area contributed by atoms with Crippen LogP contribution in [0.3, 0.4) is 0 Å². The minimum absolute atomic E-state index is 0.151. The van der Waals surface area contributed by atoms with Gasteiger partial charge < -0.3 is 14.8 Å². The molecule has 2 aromatic carbocycles. The topological polar surface area (TPSA) is 71.3 Å². The molecule has 1 amide bonds. The lowest BCUT2D eigenvalue weighted by atomic mass is 10.2. The van der Waals surface area contributed by atoms with Gasteiger partial charge in [0.05, 0.1) is 23.8 Å². The summed E-state index contributed by atoms with van der Waals surface area (Å²) in [5.74, 6) is 0.866. The van der Waals surface area contributed by atoms with Crippen molar-refractivity contribution >= 4 is 17.5 Å². The maximum Gasteiger partial charge on any atom is 0.258 e. The highest BCUT2D eigenvalue weighted by Crippen LogP contribution is 2.25. The molecule has 23 heavy (non-hydrogen) atoms. The van der Waals surface area contributed by atoms with Crippen molar-refractivity contribution in [2.75, 3.05) is 13.7 Å². The van der Waals surface area contributed by atoms with E-state index in [0.717, 1.165) is 11.3 Å². The lowest BCUT2D eigenvalue weighted by Crippen LogP contribution is -2.28. The first kappa shape index (κ1) is 16.7. The van der Waals surface area contributed by atoms with Gasteiger partial charge in [-0.15, -0.1) is 0 Å². The molecule has 0 aromatic heterocycles. The molecule has 0 unspecified atom stereocenters. The molecule has 0 atom stereocenters. The van der Waals surface area contributed by atoms with Gasteiger partial charge in [-0.05, 0) is 35.9 Å². The number of nitrogens with zero attached hydrogens (tertiary/aromatic N) is 1. The van der Waals surface area contributed by atoms with E-state index in [4.69, 9.17) is 26.3 Å². The molecule has 0 saturated carbocycles. The SMILES string of the molecule is COc1ccc(CNC(=O)COc2ccc(C#N)cc2Cl)cc1. The number of amides is 1. The third-order valence-corrected chi connectivity index (χ3v) is 3.36. The van der Waals surface area contributed by atoms with Gasteiger partial charge >= 0.3 is 0 Å². The Labute approximate surface area is 139 Å². The minimum Gasteiger partial charge on any atom is -0.497 e. The maximum atomic E-state index is 11.8. The zero-order valence-corrected chi connectivity index (χ0v) is 13.3. The second kappa shape index (κ2) is 8.06. The molecule has 118 valence electrons. The Balaban J connectivity index is 1.82. The number of halogens is 1. The summed E-state index contributed by atoms with van der Waals surface area (Å²) in [6.45, 7) is 0.245. The summed E-state index contributed by atoms with van der Waals surface area (Å²) in [5, 5.41) is 11.8. The van der Waals surface area contributed by atoms with Crippen LogP contribution in [0.25, 0.3) is 0 Å². The lowest BCUT2D eigenvalue weighted by molar-refractivity contribution is -0.123. The molecule has 6 heteroatoms. The van der Waals surface area contributed by atoms with Gasteiger partial charge in [0.2, 0.25) is 0 Å². The summed E-state index contributed by atoms with van der Waals surface area (Å²) < 4.78 is 10.4. The number of nitrogens with one attached hydrogen (secondary N) is 1. The fraction of sp³-hybridized carbons (Fsp3) is 0.176. The van der Waals surface area contributed by atoms with Gasteiger partial charge in [-0.3, -0.25) is 4.79 Å². The number of hydrogen-bond acceptors (Lipinski definition) is 4. The normalized spacial score (nSPS) is 9.78. The van der Waals surface area contributed by atoms with E-state index in [9.17, 15) is 4.79 Å². The number of nitriles is 1. The lowest BCUT2D eigenvalue weighted by Gasteiger charge is -2.09. The Morgan fingerprint density at radius 2 is 2.00 bits per heavy atom. The average Bonchev–Trinajstić information content (AvgIpc) is 2.59. The van der Waals surface area contributed by atoms with Crippen LogP contribution in [-0.2, 0) is 11.3 Å². The highest BCUT2D eigenvalue weighted by molar-refractivity contribution is 6.32. The minimum atomic E-state index is -0.263. The van der Waals surface area contributed by atoms with Crippen molar-refractivity contribution in [3.05, 3.63) is 58.6 Å². The molecule has 0 saturated heterocycles. The predicted octanol–water partition coefficient (Wildman–Crippen LogP) is 2.92. The highest BCUT2D eigenvalue weighted by atomic mass is 35.5. The molecule has 0 radical (unpaired) electrons. The number of carbonyl (C=O) groups excluding carboxylic acids is 1. The van der Waals surface area contributed by atoms with Crippen molar-refractivity contribution < 1.29 is 14.3 Å². The molecule has 0 spiro atoms. The van der Waals surface area contributed by atoms with E-state index < -0.39 is 0 Å². The quantitative estimate of drug-likeness (QED) is 0.884. The Morgan fingerprint density at radius 1 is 1.26 bits per heavy atom. The molecule has 0 fully saturated rings. The van der Waals surface area contributed by atoms with Gasteiger partial charge in [-0.2, -0.15) is 5.26 Å². The molecule has 2 aromatic rings. The van der Waals surface area contributed by atoms with E-state index in [0.29, 0.717) is 22.9 Å². The summed E-state index contributed by atoms with van der Waals surface area (Å²) >= 11 is 5.97. The fourth-order valence-electron chi connectivity index (χ4n) is 1.83. The monoisotopic (exact) mass is 330 g/mol. The van der Waals surface area contributed by atoms with Crippen LogP contribution in [0.15, 0.2) is 42.5 Å². The van der Waals surface area contributed by atoms with Gasteiger partial charge in [-0.25, -0.2) is 0 Å². The molecule has 0 aliphatic carbocycles. The van der Waals surface area contributed by atoms with E-state index in [-0.39, 0.29) is 12.5 Å². The fourth-order valence-corrected chi connectivity index (χ4v) is 2.06. The summed E-state index contributed by atoms with van der Waals surface area (Å²) in [4.78, 5) is 11.8. The van der Waals surface area contributed by atoms with Crippen molar-refractivity contribution in [2.45, 2.75) is 6.54 Å². The summed E-state index contributed by atoms with van der Waals surface area (Å²) in [5.41, 5.74) is 1.39. The first-order valence-corrected chi connectivity index (χ1v) is 7.22. The Bertz CT molecular complexity index is 724. The number of rotatable bonds is 6. The van der Waals surface area contributed by atoms with Gasteiger partial charge in [-0.1, -0.05) is 23.7 Å². The van der Waals surface area contributed by atoms with Crippen molar-refractivity contribution in [3.8, 4) is 17.6 Å². The van der Waals surface area contributed by atoms with Gasteiger partial charge in [0.25, 0.3) is 5.91 Å². The number of ether oxygens (including phenoxy) is 2. The molecule has 0 aliphatic heterocycles. The predicted molar refractivity (Wildman–Crippen MR) is 86.5 cm³/mol. The van der Waals surface area contributed by atoms with Crippen LogP contribution >= 0.6 is 11.6 Å². The summed E-state index contributed by atoms with van der Waals surface area (Å²) in [6, 6.07) is 14.0. The molecule has 5 nitrogen and oxygen atoms in total. The second-order valence-corrected chi connectivity index (χ2v) is 5.08. The Morgan fingerprint density at radius 3 is 2.61 bits per heavy atom. The van der Waals surface area contributed by atoms with Crippen molar-refractivity contribution in [1.29, 1.82) is 5.26 Å². The van der Waals surface area contributed by atoms with Gasteiger partial charge in [0.15, 0.2) is 6.61 Å². The maximum absolute atomic E-state index is 11.8. The van der Waals surface area contributed by atoms with Crippen molar-refractivity contribution in [1.82, 2.24) is 5.32 Å². The standard InChI is InChI=1S/C17H15ClN2O3/c1-22-14-5-2-12(3-6-14)10-20-17(21)11-23-16-7-4-13(9-19)8-15(16)18/h2-8H,10-11H2,1H3,(H,20,21). The smallest absolute Gasteiger partial charge is 0.258 e. The molecule has 0 heterocycles. The van der Waals surface area contributed by atoms with E-state index in [1.165, 1.54) is 6.07 Å². The van der Waals surface area contributed by atoms with Crippen LogP contribution in [0, 0.1) is 11.3 Å². The Kier molecular flexibility index (Phi) is 5.84. The van der Waals surface area contributed by atoms with Crippen LogP contribution in [0.1, 0.15) is 11.1 Å². The molecule has 0 bridgehead atoms. The van der Waals surface area contributed by atoms with E-state index in [1.807, 2.05) is 30.3 Å². The second-order valence-electron chi connectivity index (χ2n) is 4.67. The largest absolute Gasteiger partial charge is 0.497 e. The first-order chi connectivity index (χ1) is 11.1. The van der Waals surface area contributed by atoms with E-state index in [1.54, 1.807) is 19.2 Å². The van der Waals surface area contributed by atoms with Crippen LogP contribution in [-0.4, -0.2) is 19.6 Å². The molecular weight excluding hydrogens is 316 g/mol. The third-order valence-electron chi connectivity index (χ3n) is 3.07. The number of carbonyl (C=O) groups is 1. The van der Waals surface area contributed by atoms with Crippen LogP contribution in [0.4, 0.5) is 0 Å². The van der Waals surface area contributed by atoms with E-state index >= 15 is 0 Å². The number of benzene rings is 2. The van der Waals surface area contributed by atoms with Crippen molar-refractivity contribution in [2.24, 2.45) is 0 Å². The molecule has 1 N–H and O–H groups in total. The summed E-state index contributed by atoms with van der Waals surface area (Å²) in [7, 11) is 1.60. The zero-order valence-electron chi connectivity index (χ0n) is 12.5. The highest BCUT2D eigenvalue weighted by Gasteiger charge is 2.07. The first-order valence-electron chi connectivity index (χ1n) is 6.84. The molecule has 0 aliphatic rings. The molecular formula is C17H15ClN2O3. The Hall–Kier alpha value is -2.71. The van der Waals surface area contributed by atoms with Crippen LogP contribution < -0.4 is 14.8 Å². The van der Waals surface area contributed by atoms with Crippen LogP contribution in [0.5, 0.6) is 11.5 Å². The number of methoxy groups -OCH3 is 1. The van der Waals surface area contributed by atoms with Gasteiger partial charge in [0, 0.05) is 6.54 Å². The average molecular weight is 331 g/mol. The third kappa shape index (κ3) is 4.90. The van der Waals surface area contributed by atoms with E-state index in [2.05, 4.69) is 5.32 Å². The van der Waals surface area contributed by atoms with Crippen LogP contribution in [0.2, 0.25) is 5.02 Å². The number of hydrogen-bond donors (Lipinski definition) is 1. The van der Waals surface area contributed by atoms with Crippen molar-refractivity contribution in [3.63, 3.8) is 0 Å².